The standard InChI is InChI=1S/C19H22N2O5S/c1-3-26-17(22)12-21-18(23)16(27-19(21)24)11-14-4-5-15(10-13(14)2)20-6-8-25-9-7-20/h4-5,10-11H,3,6-9,12H2,1-2H3. The van der Waals surface area contributed by atoms with Crippen molar-refractivity contribution in [3.63, 3.8) is 0 Å². The molecular formula is C19H22N2O5S. The third-order valence-corrected chi connectivity index (χ3v) is 5.29. The van der Waals surface area contributed by atoms with E-state index in [-0.39, 0.29) is 13.2 Å². The van der Waals surface area contributed by atoms with Gasteiger partial charge in [0.1, 0.15) is 6.54 Å². The molecule has 0 aliphatic carbocycles. The first-order chi connectivity index (χ1) is 13.0. The molecule has 0 spiro atoms. The van der Waals surface area contributed by atoms with E-state index in [0.29, 0.717) is 18.1 Å². The number of aryl methyl sites for hydroxylation is 1. The molecule has 0 radical (unpaired) electrons. The number of carbonyl (C=O) groups excluding carboxylic acids is 3. The molecule has 144 valence electrons. The predicted octanol–water partition coefficient (Wildman–Crippen LogP) is 2.43. The van der Waals surface area contributed by atoms with E-state index in [1.165, 1.54) is 0 Å². The number of nitrogens with zero attached hydrogens (tertiary/aromatic N) is 2. The third kappa shape index (κ3) is 4.51. The molecule has 0 aromatic heterocycles. The molecule has 2 amide bonds. The Kier molecular flexibility index (Phi) is 6.18. The summed E-state index contributed by atoms with van der Waals surface area (Å²) in [5.74, 6) is -1.05. The number of hydrogen-bond donors (Lipinski definition) is 0. The largest absolute Gasteiger partial charge is 0.465 e. The van der Waals surface area contributed by atoms with Gasteiger partial charge < -0.3 is 14.4 Å². The van der Waals surface area contributed by atoms with Crippen molar-refractivity contribution in [2.24, 2.45) is 0 Å². The summed E-state index contributed by atoms with van der Waals surface area (Å²) >= 11 is 0.841. The smallest absolute Gasteiger partial charge is 0.326 e. The predicted molar refractivity (Wildman–Crippen MR) is 104 cm³/mol. The highest BCUT2D eigenvalue weighted by Crippen LogP contribution is 2.33. The number of morpholine rings is 1. The lowest BCUT2D eigenvalue weighted by atomic mass is 10.1. The lowest BCUT2D eigenvalue weighted by Crippen LogP contribution is -2.36. The Hall–Kier alpha value is -2.32. The van der Waals surface area contributed by atoms with Crippen molar-refractivity contribution >= 4 is 40.6 Å². The first kappa shape index (κ1) is 19.4. The van der Waals surface area contributed by atoms with Gasteiger partial charge >= 0.3 is 5.97 Å². The minimum Gasteiger partial charge on any atom is -0.465 e. The number of imide groups is 1. The molecule has 0 unspecified atom stereocenters. The second kappa shape index (κ2) is 8.58. The van der Waals surface area contributed by atoms with E-state index in [9.17, 15) is 14.4 Å². The van der Waals surface area contributed by atoms with E-state index >= 15 is 0 Å². The molecule has 0 saturated carbocycles. The Balaban J connectivity index is 1.75. The molecule has 2 heterocycles. The lowest BCUT2D eigenvalue weighted by molar-refractivity contribution is -0.145. The summed E-state index contributed by atoms with van der Waals surface area (Å²) in [7, 11) is 0. The van der Waals surface area contributed by atoms with Crippen molar-refractivity contribution in [3.05, 3.63) is 34.2 Å². The van der Waals surface area contributed by atoms with E-state index in [1.54, 1.807) is 13.0 Å². The van der Waals surface area contributed by atoms with Crippen LogP contribution in [0, 0.1) is 6.92 Å². The molecule has 3 rings (SSSR count). The second-order valence-corrected chi connectivity index (χ2v) is 7.21. The molecule has 0 atom stereocenters. The van der Waals surface area contributed by atoms with Gasteiger partial charge in [0.2, 0.25) is 0 Å². The number of carbonyl (C=O) groups is 3. The molecule has 0 bridgehead atoms. The minimum absolute atomic E-state index is 0.208. The van der Waals surface area contributed by atoms with Crippen LogP contribution in [0.25, 0.3) is 6.08 Å². The number of esters is 1. The van der Waals surface area contributed by atoms with Crippen LogP contribution in [0.15, 0.2) is 23.1 Å². The SMILES string of the molecule is CCOC(=O)CN1C(=O)SC(=Cc2ccc(N3CCOCC3)cc2C)C1=O. The Bertz CT molecular complexity index is 786. The Morgan fingerprint density at radius 3 is 2.70 bits per heavy atom. The van der Waals surface area contributed by atoms with E-state index < -0.39 is 17.1 Å². The first-order valence-electron chi connectivity index (χ1n) is 8.84. The number of hydrogen-bond acceptors (Lipinski definition) is 7. The maximum Gasteiger partial charge on any atom is 0.326 e. The molecule has 2 aliphatic heterocycles. The van der Waals surface area contributed by atoms with E-state index in [2.05, 4.69) is 11.0 Å². The fourth-order valence-corrected chi connectivity index (χ4v) is 3.78. The van der Waals surface area contributed by atoms with Crippen LogP contribution in [0.4, 0.5) is 10.5 Å². The average Bonchev–Trinajstić information content (AvgIpc) is 2.92. The van der Waals surface area contributed by atoms with Crippen LogP contribution in [0.2, 0.25) is 0 Å². The molecule has 27 heavy (non-hydrogen) atoms. The van der Waals surface area contributed by atoms with Crippen LogP contribution in [-0.4, -0.2) is 61.5 Å². The minimum atomic E-state index is -0.591. The lowest BCUT2D eigenvalue weighted by Gasteiger charge is -2.29. The maximum atomic E-state index is 12.5. The fourth-order valence-electron chi connectivity index (χ4n) is 2.95. The molecule has 7 nitrogen and oxygen atoms in total. The van der Waals surface area contributed by atoms with Crippen molar-refractivity contribution in [1.82, 2.24) is 4.90 Å². The van der Waals surface area contributed by atoms with Crippen molar-refractivity contribution in [2.45, 2.75) is 13.8 Å². The number of benzene rings is 1. The Morgan fingerprint density at radius 2 is 2.04 bits per heavy atom. The van der Waals surface area contributed by atoms with Gasteiger partial charge in [0.15, 0.2) is 0 Å². The normalized spacial score (nSPS) is 19.1. The summed E-state index contributed by atoms with van der Waals surface area (Å²) in [6.07, 6.45) is 1.70. The number of rotatable bonds is 5. The summed E-state index contributed by atoms with van der Waals surface area (Å²) in [6, 6.07) is 6.02. The number of ether oxygens (including phenoxy) is 2. The van der Waals surface area contributed by atoms with E-state index in [4.69, 9.17) is 9.47 Å². The summed E-state index contributed by atoms with van der Waals surface area (Å²) in [5.41, 5.74) is 2.99. The zero-order valence-electron chi connectivity index (χ0n) is 15.4. The van der Waals surface area contributed by atoms with Gasteiger partial charge in [0.25, 0.3) is 11.1 Å². The van der Waals surface area contributed by atoms with Gasteiger partial charge in [-0.1, -0.05) is 6.07 Å². The van der Waals surface area contributed by atoms with Crippen LogP contribution in [0.3, 0.4) is 0 Å². The van der Waals surface area contributed by atoms with Crippen LogP contribution in [0.1, 0.15) is 18.1 Å². The monoisotopic (exact) mass is 390 g/mol. The summed E-state index contributed by atoms with van der Waals surface area (Å²) in [6.45, 7) is 6.64. The highest BCUT2D eigenvalue weighted by Gasteiger charge is 2.36. The van der Waals surface area contributed by atoms with Crippen LogP contribution in [-0.2, 0) is 19.1 Å². The van der Waals surface area contributed by atoms with Gasteiger partial charge in [-0.25, -0.2) is 0 Å². The highest BCUT2D eigenvalue weighted by molar-refractivity contribution is 8.18. The zero-order valence-corrected chi connectivity index (χ0v) is 16.2. The van der Waals surface area contributed by atoms with Gasteiger partial charge in [-0.15, -0.1) is 0 Å². The van der Waals surface area contributed by atoms with Gasteiger partial charge in [0.05, 0.1) is 24.7 Å². The van der Waals surface area contributed by atoms with Crippen molar-refractivity contribution in [3.8, 4) is 0 Å². The summed E-state index contributed by atoms with van der Waals surface area (Å²) in [5, 5.41) is -0.457. The second-order valence-electron chi connectivity index (χ2n) is 6.21. The molecule has 2 saturated heterocycles. The van der Waals surface area contributed by atoms with Gasteiger partial charge in [0, 0.05) is 18.8 Å². The average molecular weight is 390 g/mol. The molecule has 0 N–H and O–H groups in total. The van der Waals surface area contributed by atoms with Crippen molar-refractivity contribution < 1.29 is 23.9 Å². The summed E-state index contributed by atoms with van der Waals surface area (Å²) in [4.78, 5) is 39.6. The number of anilines is 1. The topological polar surface area (TPSA) is 76.2 Å². The van der Waals surface area contributed by atoms with Crippen molar-refractivity contribution in [2.75, 3.05) is 44.4 Å². The Morgan fingerprint density at radius 1 is 1.30 bits per heavy atom. The van der Waals surface area contributed by atoms with Crippen LogP contribution >= 0.6 is 11.8 Å². The van der Waals surface area contributed by atoms with Crippen molar-refractivity contribution in [1.29, 1.82) is 0 Å². The zero-order chi connectivity index (χ0) is 19.4. The van der Waals surface area contributed by atoms with Gasteiger partial charge in [-0.2, -0.15) is 0 Å². The molecular weight excluding hydrogens is 368 g/mol. The van der Waals surface area contributed by atoms with Gasteiger partial charge in [-0.3, -0.25) is 19.3 Å². The first-order valence-corrected chi connectivity index (χ1v) is 9.65. The highest BCUT2D eigenvalue weighted by atomic mass is 32.2. The number of amides is 2. The van der Waals surface area contributed by atoms with E-state index in [1.807, 2.05) is 19.1 Å². The molecule has 8 heteroatoms. The van der Waals surface area contributed by atoms with Crippen LogP contribution < -0.4 is 4.90 Å². The maximum absolute atomic E-state index is 12.5. The molecule has 2 aliphatic rings. The quantitative estimate of drug-likeness (QED) is 0.564. The van der Waals surface area contributed by atoms with Gasteiger partial charge in [-0.05, 0) is 54.9 Å². The molecule has 1 aromatic rings. The van der Waals surface area contributed by atoms with E-state index in [0.717, 1.165) is 46.6 Å². The molecule has 2 fully saturated rings. The molecule has 1 aromatic carbocycles. The summed E-state index contributed by atoms with van der Waals surface area (Å²) < 4.78 is 10.2. The van der Waals surface area contributed by atoms with Crippen LogP contribution in [0.5, 0.6) is 0 Å². The third-order valence-electron chi connectivity index (χ3n) is 4.38. The number of thioether (sulfide) groups is 1. The Labute approximate surface area is 162 Å². The fraction of sp³-hybridized carbons (Fsp3) is 0.421.